The number of azo groups is 1. The lowest BCUT2D eigenvalue weighted by Crippen LogP contribution is -1.93. The second kappa shape index (κ2) is 7.33. The number of benzene rings is 2. The quantitative estimate of drug-likeness (QED) is 0.386. The Bertz CT molecular complexity index is 552. The summed E-state index contributed by atoms with van der Waals surface area (Å²) in [5.74, 6) is 0. The van der Waals surface area contributed by atoms with Crippen LogP contribution in [0.4, 0.5) is 11.4 Å². The summed E-state index contributed by atoms with van der Waals surface area (Å²) in [4.78, 5) is 0. The average molecular weight is 270 g/mol. The molecular formula is C14H14N4S. The molecule has 0 saturated carbocycles. The van der Waals surface area contributed by atoms with Crippen LogP contribution in [0.1, 0.15) is 0 Å². The van der Waals surface area contributed by atoms with Crippen molar-refractivity contribution >= 4 is 28.3 Å². The molecule has 19 heavy (non-hydrogen) atoms. The van der Waals surface area contributed by atoms with Gasteiger partial charge in [0.15, 0.2) is 0 Å². The Hall–Kier alpha value is -2.14. The Balaban J connectivity index is 2.02. The summed E-state index contributed by atoms with van der Waals surface area (Å²) in [7, 11) is 0. The number of nitrogens with one attached hydrogen (secondary N) is 1. The van der Waals surface area contributed by atoms with E-state index in [1.807, 2.05) is 66.9 Å². The van der Waals surface area contributed by atoms with Crippen LogP contribution in [-0.2, 0) is 0 Å². The van der Waals surface area contributed by atoms with Crippen molar-refractivity contribution in [2.24, 2.45) is 15.3 Å². The van der Waals surface area contributed by atoms with Gasteiger partial charge < -0.3 is 0 Å². The Morgan fingerprint density at radius 3 is 2.21 bits per heavy atom. The summed E-state index contributed by atoms with van der Waals surface area (Å²) in [6, 6.07) is 19.3. The third-order valence-corrected chi connectivity index (χ3v) is 2.78. The van der Waals surface area contributed by atoms with Gasteiger partial charge in [-0.2, -0.15) is 0 Å². The summed E-state index contributed by atoms with van der Waals surface area (Å²) < 4.78 is 0. The predicted molar refractivity (Wildman–Crippen MR) is 82.0 cm³/mol. The predicted octanol–water partition coefficient (Wildman–Crippen LogP) is 4.52. The van der Waals surface area contributed by atoms with E-state index in [0.29, 0.717) is 5.17 Å². The van der Waals surface area contributed by atoms with Gasteiger partial charge in [0.25, 0.3) is 0 Å². The van der Waals surface area contributed by atoms with Crippen LogP contribution in [0.25, 0.3) is 0 Å². The molecule has 0 aliphatic carbocycles. The first kappa shape index (κ1) is 13.3. The fraction of sp³-hybridized carbons (Fsp3) is 0.0714. The highest BCUT2D eigenvalue weighted by Gasteiger charge is 1.95. The molecule has 2 rings (SSSR count). The van der Waals surface area contributed by atoms with E-state index in [4.69, 9.17) is 0 Å². The first-order chi connectivity index (χ1) is 9.38. The Morgan fingerprint density at radius 1 is 0.947 bits per heavy atom. The Kier molecular flexibility index (Phi) is 5.13. The first-order valence-electron chi connectivity index (χ1n) is 5.78. The normalized spacial score (nSPS) is 11.7. The van der Waals surface area contributed by atoms with Gasteiger partial charge >= 0.3 is 0 Å². The van der Waals surface area contributed by atoms with Gasteiger partial charge in [-0.25, -0.2) is 0 Å². The van der Waals surface area contributed by atoms with Crippen LogP contribution in [0, 0.1) is 0 Å². The molecule has 5 heteroatoms. The summed E-state index contributed by atoms with van der Waals surface area (Å²) in [6.45, 7) is 0. The molecular weight excluding hydrogens is 256 g/mol. The van der Waals surface area contributed by atoms with E-state index in [-0.39, 0.29) is 0 Å². The van der Waals surface area contributed by atoms with Gasteiger partial charge in [0, 0.05) is 0 Å². The molecule has 0 aliphatic rings. The number of amidine groups is 1. The number of anilines is 1. The average Bonchev–Trinajstić information content (AvgIpc) is 2.49. The molecule has 0 radical (unpaired) electrons. The highest BCUT2D eigenvalue weighted by Crippen LogP contribution is 2.13. The minimum absolute atomic E-state index is 0.577. The first-order valence-corrected chi connectivity index (χ1v) is 7.00. The molecule has 2 aromatic rings. The van der Waals surface area contributed by atoms with Gasteiger partial charge in [-0.05, 0) is 30.5 Å². The van der Waals surface area contributed by atoms with Crippen molar-refractivity contribution in [3.63, 3.8) is 0 Å². The number of hydrogen-bond donors (Lipinski definition) is 1. The number of rotatable bonds is 3. The molecule has 1 N–H and O–H groups in total. The maximum Gasteiger partial charge on any atom is 0.227 e. The largest absolute Gasteiger partial charge is 0.276 e. The van der Waals surface area contributed by atoms with E-state index >= 15 is 0 Å². The third-order valence-electron chi connectivity index (χ3n) is 2.24. The zero-order valence-electron chi connectivity index (χ0n) is 10.5. The van der Waals surface area contributed by atoms with E-state index < -0.39 is 0 Å². The number of hydrazone groups is 1. The molecule has 0 aromatic heterocycles. The van der Waals surface area contributed by atoms with Gasteiger partial charge in [-0.15, -0.1) is 15.3 Å². The van der Waals surface area contributed by atoms with E-state index in [9.17, 15) is 0 Å². The van der Waals surface area contributed by atoms with Crippen LogP contribution in [0.3, 0.4) is 0 Å². The van der Waals surface area contributed by atoms with E-state index in [1.54, 1.807) is 0 Å². The van der Waals surface area contributed by atoms with Crippen LogP contribution >= 0.6 is 11.8 Å². The summed E-state index contributed by atoms with van der Waals surface area (Å²) in [6.07, 6.45) is 1.91. The molecule has 0 heterocycles. The molecule has 0 bridgehead atoms. The maximum atomic E-state index is 4.20. The van der Waals surface area contributed by atoms with Gasteiger partial charge in [-0.1, -0.05) is 48.2 Å². The SMILES string of the molecule is CSC(N=Nc1ccccc1)=NNc1ccccc1. The lowest BCUT2D eigenvalue weighted by Gasteiger charge is -2.00. The van der Waals surface area contributed by atoms with Crippen molar-refractivity contribution in [1.82, 2.24) is 0 Å². The highest BCUT2D eigenvalue weighted by molar-refractivity contribution is 8.13. The van der Waals surface area contributed by atoms with Gasteiger partial charge in [0.05, 0.1) is 11.4 Å². The van der Waals surface area contributed by atoms with E-state index in [2.05, 4.69) is 20.8 Å². The molecule has 0 amide bonds. The Labute approximate surface area is 116 Å². The van der Waals surface area contributed by atoms with E-state index in [0.717, 1.165) is 11.4 Å². The summed E-state index contributed by atoms with van der Waals surface area (Å²) in [5.41, 5.74) is 4.67. The third kappa shape index (κ3) is 4.56. The molecule has 4 nitrogen and oxygen atoms in total. The van der Waals surface area contributed by atoms with Crippen molar-refractivity contribution in [2.75, 3.05) is 11.7 Å². The Morgan fingerprint density at radius 2 is 1.58 bits per heavy atom. The van der Waals surface area contributed by atoms with Crippen molar-refractivity contribution in [1.29, 1.82) is 0 Å². The molecule has 0 unspecified atom stereocenters. The van der Waals surface area contributed by atoms with Crippen LogP contribution in [0.2, 0.25) is 0 Å². The molecule has 0 fully saturated rings. The highest BCUT2D eigenvalue weighted by atomic mass is 32.2. The van der Waals surface area contributed by atoms with Gasteiger partial charge in [-0.3, -0.25) is 5.43 Å². The second-order valence-corrected chi connectivity index (χ2v) is 4.39. The smallest absolute Gasteiger partial charge is 0.227 e. The van der Waals surface area contributed by atoms with Gasteiger partial charge in [0.2, 0.25) is 5.17 Å². The molecule has 96 valence electrons. The second-order valence-electron chi connectivity index (χ2n) is 3.61. The summed E-state index contributed by atoms with van der Waals surface area (Å²) >= 11 is 1.44. The van der Waals surface area contributed by atoms with Crippen molar-refractivity contribution < 1.29 is 0 Å². The zero-order valence-corrected chi connectivity index (χ0v) is 11.3. The fourth-order valence-electron chi connectivity index (χ4n) is 1.33. The lowest BCUT2D eigenvalue weighted by atomic mass is 10.3. The van der Waals surface area contributed by atoms with Crippen molar-refractivity contribution in [3.8, 4) is 0 Å². The maximum absolute atomic E-state index is 4.20. The zero-order chi connectivity index (χ0) is 13.3. The fourth-order valence-corrected chi connectivity index (χ4v) is 1.59. The minimum Gasteiger partial charge on any atom is -0.276 e. The molecule has 0 saturated heterocycles. The number of hydrogen-bond acceptors (Lipinski definition) is 4. The van der Waals surface area contributed by atoms with Crippen LogP contribution < -0.4 is 5.43 Å². The monoisotopic (exact) mass is 270 g/mol. The molecule has 0 spiro atoms. The lowest BCUT2D eigenvalue weighted by molar-refractivity contribution is 1.25. The molecule has 2 aromatic carbocycles. The topological polar surface area (TPSA) is 49.1 Å². The van der Waals surface area contributed by atoms with Crippen LogP contribution in [-0.4, -0.2) is 11.4 Å². The van der Waals surface area contributed by atoms with Crippen LogP contribution in [0.5, 0.6) is 0 Å². The number of nitrogens with zero attached hydrogens (tertiary/aromatic N) is 3. The minimum atomic E-state index is 0.577. The summed E-state index contributed by atoms with van der Waals surface area (Å²) in [5, 5.41) is 13.0. The van der Waals surface area contributed by atoms with Crippen molar-refractivity contribution in [3.05, 3.63) is 60.7 Å². The number of thioether (sulfide) groups is 1. The van der Waals surface area contributed by atoms with Crippen LogP contribution in [0.15, 0.2) is 76.0 Å². The molecule has 0 aliphatic heterocycles. The van der Waals surface area contributed by atoms with E-state index in [1.165, 1.54) is 11.8 Å². The number of para-hydroxylation sites is 1. The van der Waals surface area contributed by atoms with Gasteiger partial charge in [0.1, 0.15) is 0 Å². The van der Waals surface area contributed by atoms with Crippen molar-refractivity contribution in [2.45, 2.75) is 0 Å². The standard InChI is InChI=1S/C14H14N4S/c1-19-14(17-15-12-8-4-2-5-9-12)18-16-13-10-6-3-7-11-13/h2-11,15H,1H3. The molecule has 0 atom stereocenters.